The number of anilines is 1. The Kier molecular flexibility index (Phi) is 2.41. The lowest BCUT2D eigenvalue weighted by Gasteiger charge is -2.17. The van der Waals surface area contributed by atoms with Gasteiger partial charge >= 0.3 is 0 Å². The first-order chi connectivity index (χ1) is 9.08. The Hall–Kier alpha value is -2.57. The van der Waals surface area contributed by atoms with E-state index in [1.165, 1.54) is 23.2 Å². The van der Waals surface area contributed by atoms with E-state index in [0.717, 1.165) is 6.42 Å². The van der Waals surface area contributed by atoms with Gasteiger partial charge in [-0.2, -0.15) is 0 Å². The van der Waals surface area contributed by atoms with Gasteiger partial charge in [0.15, 0.2) is 11.5 Å². The number of nitrogens with zero attached hydrogens (tertiary/aromatic N) is 3. The largest absolute Gasteiger partial charge is 0.508 e. The maximum absolute atomic E-state index is 12.1. The first-order valence-electron chi connectivity index (χ1n) is 5.93. The number of phenols is 1. The molecule has 19 heavy (non-hydrogen) atoms. The van der Waals surface area contributed by atoms with E-state index in [1.54, 1.807) is 5.01 Å². The molecule has 0 aliphatic carbocycles. The Bertz CT molecular complexity index is 586. The zero-order valence-electron chi connectivity index (χ0n) is 10.1. The van der Waals surface area contributed by atoms with E-state index in [4.69, 9.17) is 11.1 Å². The molecule has 2 fully saturated rings. The lowest BCUT2D eigenvalue weighted by Crippen LogP contribution is -2.33. The van der Waals surface area contributed by atoms with E-state index >= 15 is 0 Å². The number of hydrazine groups is 1. The first kappa shape index (κ1) is 11.5. The minimum Gasteiger partial charge on any atom is -0.508 e. The molecule has 0 spiro atoms. The number of hydrogen-bond donors (Lipinski definition) is 3. The molecule has 4 N–H and O–H groups in total. The third-order valence-corrected chi connectivity index (χ3v) is 3.19. The number of nitrogen functional groups attached to an aromatic ring is 1. The Morgan fingerprint density at radius 2 is 2.05 bits per heavy atom. The fourth-order valence-electron chi connectivity index (χ4n) is 2.27. The highest BCUT2D eigenvalue weighted by molar-refractivity contribution is 6.68. The Balaban J connectivity index is 2.00. The summed E-state index contributed by atoms with van der Waals surface area (Å²) in [6.07, 6.45) is 0.864. The van der Waals surface area contributed by atoms with Gasteiger partial charge in [-0.25, -0.2) is 10.0 Å². The van der Waals surface area contributed by atoms with E-state index in [-0.39, 0.29) is 28.9 Å². The van der Waals surface area contributed by atoms with Gasteiger partial charge in [-0.3, -0.25) is 15.2 Å². The van der Waals surface area contributed by atoms with Gasteiger partial charge in [-0.05, 0) is 18.6 Å². The van der Waals surface area contributed by atoms with Crippen molar-refractivity contribution in [2.75, 3.05) is 18.8 Å². The molecule has 1 aromatic carbocycles. The van der Waals surface area contributed by atoms with Gasteiger partial charge < -0.3 is 10.8 Å². The number of carbonyl (C=O) groups is 1. The van der Waals surface area contributed by atoms with Crippen molar-refractivity contribution in [3.05, 3.63) is 18.2 Å². The van der Waals surface area contributed by atoms with Crippen molar-refractivity contribution < 1.29 is 9.90 Å². The summed E-state index contributed by atoms with van der Waals surface area (Å²) in [6.45, 7) is 1.28. The molecular formula is C12H13N5O2. The van der Waals surface area contributed by atoms with Gasteiger partial charge in [-0.1, -0.05) is 0 Å². The number of nitrogens with one attached hydrogen (secondary N) is 1. The highest BCUT2D eigenvalue weighted by atomic mass is 16.3. The SMILES string of the molecule is N=C1C(=Nc2ccc(O)cc2N)C(=O)N2CCCN12. The molecule has 7 heteroatoms. The van der Waals surface area contributed by atoms with Crippen LogP contribution in [0.3, 0.4) is 0 Å². The number of phenolic OH excluding ortho intramolecular Hbond substituents is 1. The normalized spacial score (nSPS) is 20.5. The number of rotatable bonds is 1. The quantitative estimate of drug-likeness (QED) is 0.638. The average Bonchev–Trinajstić information content (AvgIpc) is 2.92. The second kappa shape index (κ2) is 3.98. The molecule has 0 aromatic heterocycles. The molecule has 2 aliphatic heterocycles. The van der Waals surface area contributed by atoms with Crippen molar-refractivity contribution >= 4 is 28.8 Å². The van der Waals surface area contributed by atoms with E-state index < -0.39 is 0 Å². The average molecular weight is 259 g/mol. The first-order valence-corrected chi connectivity index (χ1v) is 5.93. The summed E-state index contributed by atoms with van der Waals surface area (Å²) in [4.78, 5) is 16.3. The summed E-state index contributed by atoms with van der Waals surface area (Å²) in [6, 6.07) is 4.33. The molecule has 98 valence electrons. The number of aromatic hydroxyl groups is 1. The fourth-order valence-corrected chi connectivity index (χ4v) is 2.27. The van der Waals surface area contributed by atoms with Crippen molar-refractivity contribution in [3.63, 3.8) is 0 Å². The zero-order valence-corrected chi connectivity index (χ0v) is 10.1. The van der Waals surface area contributed by atoms with Gasteiger partial charge in [0.25, 0.3) is 5.91 Å². The van der Waals surface area contributed by atoms with Crippen molar-refractivity contribution in [2.45, 2.75) is 6.42 Å². The van der Waals surface area contributed by atoms with Crippen molar-refractivity contribution in [1.29, 1.82) is 5.41 Å². The van der Waals surface area contributed by atoms with Crippen LogP contribution < -0.4 is 5.73 Å². The topological polar surface area (TPSA) is 106 Å². The smallest absolute Gasteiger partial charge is 0.294 e. The Labute approximate surface area is 109 Å². The number of nitrogens with two attached hydrogens (primary N) is 1. The van der Waals surface area contributed by atoms with E-state index in [0.29, 0.717) is 18.8 Å². The highest BCUT2D eigenvalue weighted by Gasteiger charge is 2.42. The van der Waals surface area contributed by atoms with Crippen molar-refractivity contribution in [3.8, 4) is 5.75 Å². The molecule has 2 aliphatic rings. The molecule has 7 nitrogen and oxygen atoms in total. The Morgan fingerprint density at radius 3 is 2.74 bits per heavy atom. The summed E-state index contributed by atoms with van der Waals surface area (Å²) < 4.78 is 0. The van der Waals surface area contributed by atoms with Crippen LogP contribution in [0.2, 0.25) is 0 Å². The summed E-state index contributed by atoms with van der Waals surface area (Å²) in [5, 5.41) is 20.4. The third kappa shape index (κ3) is 1.70. The predicted octanol–water partition coefficient (Wildman–Crippen LogP) is 0.487. The number of benzene rings is 1. The standard InChI is InChI=1S/C12H13N5O2/c13-8-6-7(18)2-3-9(8)15-10-11(14)16-4-1-5-17(16)12(10)19/h2-3,6,14,18H,1,4-5,13H2. The molecule has 1 amide bonds. The van der Waals surface area contributed by atoms with Crippen LogP contribution in [0.5, 0.6) is 5.75 Å². The summed E-state index contributed by atoms with van der Waals surface area (Å²) in [5.41, 5.74) is 6.48. The Morgan fingerprint density at radius 1 is 1.32 bits per heavy atom. The second-order valence-corrected chi connectivity index (χ2v) is 4.46. The van der Waals surface area contributed by atoms with E-state index in [1.807, 2.05) is 0 Å². The summed E-state index contributed by atoms with van der Waals surface area (Å²) in [5.74, 6) is -0.122. The van der Waals surface area contributed by atoms with E-state index in [2.05, 4.69) is 4.99 Å². The van der Waals surface area contributed by atoms with Crippen LogP contribution in [0.4, 0.5) is 11.4 Å². The highest BCUT2D eigenvalue weighted by Crippen LogP contribution is 2.28. The maximum Gasteiger partial charge on any atom is 0.294 e. The van der Waals surface area contributed by atoms with Crippen LogP contribution >= 0.6 is 0 Å². The molecule has 0 atom stereocenters. The fraction of sp³-hybridized carbons (Fsp3) is 0.250. The van der Waals surface area contributed by atoms with Crippen LogP contribution in [0.1, 0.15) is 6.42 Å². The molecule has 0 saturated carbocycles. The van der Waals surface area contributed by atoms with Gasteiger partial charge in [0.1, 0.15) is 5.75 Å². The number of aliphatic imine (C=N–C) groups is 1. The number of fused-ring (bicyclic) bond motifs is 1. The van der Waals surface area contributed by atoms with Gasteiger partial charge in [-0.15, -0.1) is 0 Å². The molecular weight excluding hydrogens is 246 g/mol. The molecule has 0 unspecified atom stereocenters. The third-order valence-electron chi connectivity index (χ3n) is 3.19. The number of amidine groups is 1. The minimum absolute atomic E-state index is 0.0404. The van der Waals surface area contributed by atoms with Crippen molar-refractivity contribution in [2.24, 2.45) is 4.99 Å². The summed E-state index contributed by atoms with van der Waals surface area (Å²) >= 11 is 0. The lowest BCUT2D eigenvalue weighted by molar-refractivity contribution is -0.129. The lowest BCUT2D eigenvalue weighted by atomic mass is 10.2. The number of hydrogen-bond acceptors (Lipinski definition) is 5. The van der Waals surface area contributed by atoms with E-state index in [9.17, 15) is 9.90 Å². The van der Waals surface area contributed by atoms with Crippen LogP contribution in [0.15, 0.2) is 23.2 Å². The molecule has 2 saturated heterocycles. The molecule has 1 aromatic rings. The molecule has 3 rings (SSSR count). The second-order valence-electron chi connectivity index (χ2n) is 4.46. The summed E-state index contributed by atoms with van der Waals surface area (Å²) in [7, 11) is 0. The van der Waals surface area contributed by atoms with Gasteiger partial charge in [0.05, 0.1) is 11.4 Å². The van der Waals surface area contributed by atoms with Crippen LogP contribution in [-0.4, -0.2) is 45.7 Å². The number of amides is 1. The molecule has 2 heterocycles. The molecule has 0 bridgehead atoms. The van der Waals surface area contributed by atoms with Gasteiger partial charge in [0.2, 0.25) is 0 Å². The van der Waals surface area contributed by atoms with Crippen LogP contribution in [0.25, 0.3) is 0 Å². The van der Waals surface area contributed by atoms with Crippen LogP contribution in [0, 0.1) is 5.41 Å². The monoisotopic (exact) mass is 259 g/mol. The van der Waals surface area contributed by atoms with Gasteiger partial charge in [0, 0.05) is 19.2 Å². The molecule has 0 radical (unpaired) electrons. The maximum atomic E-state index is 12.1. The van der Waals surface area contributed by atoms with Crippen LogP contribution in [-0.2, 0) is 4.79 Å². The predicted molar refractivity (Wildman–Crippen MR) is 70.4 cm³/mol. The van der Waals surface area contributed by atoms with Crippen molar-refractivity contribution in [1.82, 2.24) is 10.0 Å². The minimum atomic E-state index is -0.269. The zero-order chi connectivity index (χ0) is 13.6. The number of carbonyl (C=O) groups excluding carboxylic acids is 1.